The van der Waals surface area contributed by atoms with Crippen LogP contribution in [0.15, 0.2) is 28.9 Å². The van der Waals surface area contributed by atoms with Crippen molar-refractivity contribution in [1.29, 1.82) is 0 Å². The lowest BCUT2D eigenvalue weighted by Crippen LogP contribution is -2.40. The van der Waals surface area contributed by atoms with Crippen LogP contribution in [-0.2, 0) is 4.79 Å². The van der Waals surface area contributed by atoms with Crippen molar-refractivity contribution in [3.63, 3.8) is 0 Å². The van der Waals surface area contributed by atoms with Crippen molar-refractivity contribution in [2.24, 2.45) is 11.7 Å². The summed E-state index contributed by atoms with van der Waals surface area (Å²) < 4.78 is 5.08. The van der Waals surface area contributed by atoms with Gasteiger partial charge in [0.2, 0.25) is 5.91 Å². The van der Waals surface area contributed by atoms with E-state index in [9.17, 15) is 4.79 Å². The van der Waals surface area contributed by atoms with Crippen LogP contribution in [0.5, 0.6) is 0 Å². The topological polar surface area (TPSA) is 68.3 Å². The van der Waals surface area contributed by atoms with E-state index < -0.39 is 0 Å². The molecule has 0 aromatic carbocycles. The van der Waals surface area contributed by atoms with Gasteiger partial charge in [0, 0.05) is 18.7 Å². The molecule has 86 valence electrons. The third-order valence-electron chi connectivity index (χ3n) is 2.71. The number of nitrogens with one attached hydrogen (secondary N) is 1. The van der Waals surface area contributed by atoms with Gasteiger partial charge in [-0.15, -0.1) is 0 Å². The van der Waals surface area contributed by atoms with Gasteiger partial charge in [-0.2, -0.15) is 0 Å². The van der Waals surface area contributed by atoms with E-state index in [2.05, 4.69) is 5.32 Å². The van der Waals surface area contributed by atoms with Gasteiger partial charge in [-0.05, 0) is 37.0 Å². The highest BCUT2D eigenvalue weighted by Crippen LogP contribution is 2.32. The fourth-order valence-electron chi connectivity index (χ4n) is 1.64. The van der Waals surface area contributed by atoms with Gasteiger partial charge in [-0.3, -0.25) is 4.79 Å². The Morgan fingerprint density at radius 3 is 3.06 bits per heavy atom. The van der Waals surface area contributed by atoms with Gasteiger partial charge >= 0.3 is 0 Å². The van der Waals surface area contributed by atoms with Gasteiger partial charge in [0.1, 0.15) is 5.76 Å². The molecule has 16 heavy (non-hydrogen) atoms. The maximum absolute atomic E-state index is 11.5. The molecule has 0 bridgehead atoms. The number of amides is 1. The van der Waals surface area contributed by atoms with Crippen LogP contribution in [-0.4, -0.2) is 18.5 Å². The molecule has 1 fully saturated rings. The third kappa shape index (κ3) is 2.97. The van der Waals surface area contributed by atoms with E-state index in [4.69, 9.17) is 10.2 Å². The number of furan rings is 1. The Morgan fingerprint density at radius 1 is 1.69 bits per heavy atom. The highest BCUT2D eigenvalue weighted by molar-refractivity contribution is 5.91. The fourth-order valence-corrected chi connectivity index (χ4v) is 1.64. The summed E-state index contributed by atoms with van der Waals surface area (Å²) in [4.78, 5) is 11.5. The van der Waals surface area contributed by atoms with Crippen LogP contribution in [0.2, 0.25) is 0 Å². The average Bonchev–Trinajstić information content (AvgIpc) is 3.00. The summed E-state index contributed by atoms with van der Waals surface area (Å²) in [5.41, 5.74) is 5.60. The van der Waals surface area contributed by atoms with Crippen molar-refractivity contribution in [2.75, 3.05) is 6.54 Å². The van der Waals surface area contributed by atoms with Crippen LogP contribution in [0, 0.1) is 5.92 Å². The van der Waals surface area contributed by atoms with Gasteiger partial charge in [0.05, 0.1) is 6.26 Å². The van der Waals surface area contributed by atoms with E-state index in [0.717, 1.165) is 0 Å². The average molecular weight is 220 g/mol. The highest BCUT2D eigenvalue weighted by atomic mass is 16.3. The predicted octanol–water partition coefficient (Wildman–Crippen LogP) is 1.15. The van der Waals surface area contributed by atoms with E-state index in [1.54, 1.807) is 24.5 Å². The van der Waals surface area contributed by atoms with Gasteiger partial charge < -0.3 is 15.5 Å². The molecule has 1 unspecified atom stereocenters. The first-order valence-corrected chi connectivity index (χ1v) is 5.51. The summed E-state index contributed by atoms with van der Waals surface area (Å²) in [6.07, 6.45) is 7.04. The summed E-state index contributed by atoms with van der Waals surface area (Å²) >= 11 is 0. The lowest BCUT2D eigenvalue weighted by atomic mass is 10.2. The van der Waals surface area contributed by atoms with Crippen LogP contribution < -0.4 is 11.1 Å². The number of carbonyl (C=O) groups excluding carboxylic acids is 1. The number of nitrogens with two attached hydrogens (primary N) is 1. The number of carbonyl (C=O) groups is 1. The minimum absolute atomic E-state index is 0.112. The lowest BCUT2D eigenvalue weighted by Gasteiger charge is -2.14. The Morgan fingerprint density at radius 2 is 2.50 bits per heavy atom. The monoisotopic (exact) mass is 220 g/mol. The molecular formula is C12H16N2O2. The van der Waals surface area contributed by atoms with Crippen LogP contribution >= 0.6 is 0 Å². The van der Waals surface area contributed by atoms with Gasteiger partial charge in [-0.25, -0.2) is 0 Å². The molecule has 0 saturated heterocycles. The Kier molecular flexibility index (Phi) is 3.41. The zero-order valence-corrected chi connectivity index (χ0v) is 9.06. The first-order valence-electron chi connectivity index (χ1n) is 5.51. The molecule has 0 spiro atoms. The van der Waals surface area contributed by atoms with Gasteiger partial charge in [-0.1, -0.05) is 0 Å². The Labute approximate surface area is 94.5 Å². The summed E-state index contributed by atoms with van der Waals surface area (Å²) in [5, 5.41) is 2.90. The zero-order valence-electron chi connectivity index (χ0n) is 9.06. The van der Waals surface area contributed by atoms with E-state index in [1.807, 2.05) is 0 Å². The molecule has 1 aliphatic rings. The normalized spacial score (nSPS) is 17.6. The molecule has 0 radical (unpaired) electrons. The van der Waals surface area contributed by atoms with Crippen molar-refractivity contribution in [1.82, 2.24) is 5.32 Å². The second-order valence-corrected chi connectivity index (χ2v) is 4.04. The molecular weight excluding hydrogens is 204 g/mol. The maximum atomic E-state index is 11.5. The SMILES string of the molecule is NCC(NC(=O)C=Cc1ccco1)C1CC1. The van der Waals surface area contributed by atoms with E-state index >= 15 is 0 Å². The molecule has 1 aliphatic carbocycles. The molecule has 1 heterocycles. The van der Waals surface area contributed by atoms with Crippen LogP contribution in [0.4, 0.5) is 0 Å². The lowest BCUT2D eigenvalue weighted by molar-refractivity contribution is -0.117. The molecule has 4 nitrogen and oxygen atoms in total. The predicted molar refractivity (Wildman–Crippen MR) is 61.5 cm³/mol. The van der Waals surface area contributed by atoms with Crippen LogP contribution in [0.1, 0.15) is 18.6 Å². The Balaban J connectivity index is 1.83. The second kappa shape index (κ2) is 4.99. The fraction of sp³-hybridized carbons (Fsp3) is 0.417. The minimum Gasteiger partial charge on any atom is -0.465 e. The van der Waals surface area contributed by atoms with Crippen LogP contribution in [0.25, 0.3) is 6.08 Å². The first kappa shape index (κ1) is 11.0. The molecule has 1 amide bonds. The summed E-state index contributed by atoms with van der Waals surface area (Å²) in [6.45, 7) is 0.505. The summed E-state index contributed by atoms with van der Waals surface area (Å²) in [7, 11) is 0. The van der Waals surface area contributed by atoms with E-state index in [0.29, 0.717) is 18.2 Å². The smallest absolute Gasteiger partial charge is 0.244 e. The largest absolute Gasteiger partial charge is 0.465 e. The second-order valence-electron chi connectivity index (χ2n) is 4.04. The number of hydrogen-bond acceptors (Lipinski definition) is 3. The molecule has 1 aromatic heterocycles. The number of rotatable bonds is 5. The van der Waals surface area contributed by atoms with Crippen molar-refractivity contribution < 1.29 is 9.21 Å². The van der Waals surface area contributed by atoms with E-state index in [-0.39, 0.29) is 11.9 Å². The standard InChI is InChI=1S/C12H16N2O2/c13-8-11(9-3-4-9)14-12(15)6-5-10-2-1-7-16-10/h1-2,5-7,9,11H,3-4,8,13H2,(H,14,15). The molecule has 4 heteroatoms. The van der Waals surface area contributed by atoms with E-state index in [1.165, 1.54) is 18.9 Å². The first-order chi connectivity index (χ1) is 7.79. The molecule has 1 atom stereocenters. The Bertz CT molecular complexity index is 366. The molecule has 0 aliphatic heterocycles. The highest BCUT2D eigenvalue weighted by Gasteiger charge is 2.30. The minimum atomic E-state index is -0.112. The van der Waals surface area contributed by atoms with Crippen molar-refractivity contribution in [2.45, 2.75) is 18.9 Å². The van der Waals surface area contributed by atoms with Crippen molar-refractivity contribution >= 4 is 12.0 Å². The molecule has 3 N–H and O–H groups in total. The van der Waals surface area contributed by atoms with Crippen molar-refractivity contribution in [3.05, 3.63) is 30.2 Å². The molecule has 1 aromatic rings. The molecule has 1 saturated carbocycles. The zero-order chi connectivity index (χ0) is 11.4. The summed E-state index contributed by atoms with van der Waals surface area (Å²) in [5.74, 6) is 1.13. The van der Waals surface area contributed by atoms with Gasteiger partial charge in [0.15, 0.2) is 0 Å². The summed E-state index contributed by atoms with van der Waals surface area (Å²) in [6, 6.07) is 3.70. The van der Waals surface area contributed by atoms with Crippen molar-refractivity contribution in [3.8, 4) is 0 Å². The van der Waals surface area contributed by atoms with Gasteiger partial charge in [0.25, 0.3) is 0 Å². The number of hydrogen-bond donors (Lipinski definition) is 2. The van der Waals surface area contributed by atoms with Crippen LogP contribution in [0.3, 0.4) is 0 Å². The molecule has 2 rings (SSSR count). The third-order valence-corrected chi connectivity index (χ3v) is 2.71. The Hall–Kier alpha value is -1.55. The maximum Gasteiger partial charge on any atom is 0.244 e. The quantitative estimate of drug-likeness (QED) is 0.731.